The molecule has 1 saturated heterocycles. The number of fused-ring (bicyclic) bond motifs is 2. The molecule has 0 radical (unpaired) electrons. The highest BCUT2D eigenvalue weighted by molar-refractivity contribution is 6.18. The van der Waals surface area contributed by atoms with Gasteiger partial charge < -0.3 is 0 Å². The average Bonchev–Trinajstić information content (AvgIpc) is 2.74. The van der Waals surface area contributed by atoms with Crippen LogP contribution in [0.1, 0.15) is 30.4 Å². The van der Waals surface area contributed by atoms with Crippen molar-refractivity contribution in [2.45, 2.75) is 31.1 Å². The number of piperidine rings is 1. The summed E-state index contributed by atoms with van der Waals surface area (Å²) < 4.78 is 0. The van der Waals surface area contributed by atoms with Crippen LogP contribution in [0.15, 0.2) is 24.3 Å². The van der Waals surface area contributed by atoms with Crippen molar-refractivity contribution in [1.82, 2.24) is 4.90 Å². The van der Waals surface area contributed by atoms with Crippen molar-refractivity contribution in [2.75, 3.05) is 12.4 Å². The van der Waals surface area contributed by atoms with E-state index in [2.05, 4.69) is 12.1 Å². The Hall–Kier alpha value is -1.35. The smallest absolute Gasteiger partial charge is 0.230 e. The van der Waals surface area contributed by atoms with Crippen LogP contribution in [0.3, 0.4) is 0 Å². The van der Waals surface area contributed by atoms with Crippen molar-refractivity contribution in [3.8, 4) is 0 Å². The normalized spacial score (nSPS) is 21.0. The highest BCUT2D eigenvalue weighted by Gasteiger charge is 2.47. The van der Waals surface area contributed by atoms with Gasteiger partial charge in [0.25, 0.3) is 0 Å². The Morgan fingerprint density at radius 1 is 1.16 bits per heavy atom. The SMILES string of the molecule is O=C1CC2(CCc3ccccc32)CC(=O)N1CCCl. The first-order valence-corrected chi connectivity index (χ1v) is 7.17. The van der Waals surface area contributed by atoms with Crippen molar-refractivity contribution in [1.29, 1.82) is 0 Å². The summed E-state index contributed by atoms with van der Waals surface area (Å²) in [5.74, 6) is 0.156. The number of carbonyl (C=O) groups is 2. The van der Waals surface area contributed by atoms with Gasteiger partial charge in [0, 0.05) is 30.7 Å². The van der Waals surface area contributed by atoms with E-state index in [4.69, 9.17) is 11.6 Å². The van der Waals surface area contributed by atoms with E-state index in [1.165, 1.54) is 16.0 Å². The minimum Gasteiger partial charge on any atom is -0.281 e. The van der Waals surface area contributed by atoms with Gasteiger partial charge >= 0.3 is 0 Å². The summed E-state index contributed by atoms with van der Waals surface area (Å²) >= 11 is 5.65. The van der Waals surface area contributed by atoms with Crippen LogP contribution in [-0.2, 0) is 21.4 Å². The maximum Gasteiger partial charge on any atom is 0.230 e. The number of rotatable bonds is 2. The van der Waals surface area contributed by atoms with E-state index >= 15 is 0 Å². The van der Waals surface area contributed by atoms with Gasteiger partial charge in [-0.05, 0) is 24.0 Å². The van der Waals surface area contributed by atoms with Gasteiger partial charge in [0.15, 0.2) is 0 Å². The third-order valence-electron chi connectivity index (χ3n) is 4.35. The number of alkyl halides is 1. The van der Waals surface area contributed by atoms with Crippen molar-refractivity contribution < 1.29 is 9.59 Å². The van der Waals surface area contributed by atoms with Crippen LogP contribution < -0.4 is 0 Å². The molecule has 1 spiro atoms. The van der Waals surface area contributed by atoms with Gasteiger partial charge in [-0.15, -0.1) is 11.6 Å². The molecular formula is C15H16ClNO2. The molecule has 1 fully saturated rings. The molecular weight excluding hydrogens is 262 g/mol. The molecule has 0 bridgehead atoms. The lowest BCUT2D eigenvalue weighted by atomic mass is 9.73. The first-order chi connectivity index (χ1) is 9.16. The van der Waals surface area contributed by atoms with Crippen molar-refractivity contribution >= 4 is 23.4 Å². The predicted octanol–water partition coefficient (Wildman–Crippen LogP) is 2.26. The number of carbonyl (C=O) groups excluding carboxylic acids is 2. The fourth-order valence-corrected chi connectivity index (χ4v) is 3.61. The van der Waals surface area contributed by atoms with Crippen LogP contribution in [0, 0.1) is 0 Å². The van der Waals surface area contributed by atoms with E-state index in [-0.39, 0.29) is 17.2 Å². The molecule has 1 aromatic rings. The third kappa shape index (κ3) is 1.96. The van der Waals surface area contributed by atoms with Gasteiger partial charge in [0.05, 0.1) is 0 Å². The average molecular weight is 278 g/mol. The summed E-state index contributed by atoms with van der Waals surface area (Å²) in [5.41, 5.74) is 2.23. The van der Waals surface area contributed by atoms with E-state index in [1.807, 2.05) is 12.1 Å². The molecule has 0 aromatic heterocycles. The number of amides is 2. The standard InChI is InChI=1S/C15H16ClNO2/c16-7-8-17-13(18)9-15(10-14(17)19)6-5-11-3-1-2-4-12(11)15/h1-4H,5-10H2. The molecule has 2 amide bonds. The second-order valence-electron chi connectivity index (χ2n) is 5.42. The van der Waals surface area contributed by atoms with Crippen molar-refractivity contribution in [3.63, 3.8) is 0 Å². The molecule has 4 heteroatoms. The second-order valence-corrected chi connectivity index (χ2v) is 5.80. The molecule has 1 aliphatic carbocycles. The van der Waals surface area contributed by atoms with Crippen molar-refractivity contribution in [3.05, 3.63) is 35.4 Å². The third-order valence-corrected chi connectivity index (χ3v) is 4.52. The number of halogens is 1. The Morgan fingerprint density at radius 3 is 2.53 bits per heavy atom. The van der Waals surface area contributed by atoms with Crippen LogP contribution in [0.25, 0.3) is 0 Å². The van der Waals surface area contributed by atoms with Crippen LogP contribution in [0.5, 0.6) is 0 Å². The molecule has 1 heterocycles. The summed E-state index contributed by atoms with van der Waals surface area (Å²) in [7, 11) is 0. The summed E-state index contributed by atoms with van der Waals surface area (Å²) in [6, 6.07) is 8.18. The molecule has 100 valence electrons. The molecule has 0 N–H and O–H groups in total. The van der Waals surface area contributed by atoms with Crippen LogP contribution in [0.2, 0.25) is 0 Å². The first kappa shape index (κ1) is 12.7. The highest BCUT2D eigenvalue weighted by atomic mass is 35.5. The lowest BCUT2D eigenvalue weighted by Crippen LogP contribution is -2.49. The van der Waals surface area contributed by atoms with E-state index < -0.39 is 0 Å². The largest absolute Gasteiger partial charge is 0.281 e. The Labute approximate surface area is 117 Å². The van der Waals surface area contributed by atoms with Gasteiger partial charge in [-0.1, -0.05) is 24.3 Å². The number of likely N-dealkylation sites (tertiary alicyclic amines) is 1. The fourth-order valence-electron chi connectivity index (χ4n) is 3.44. The molecule has 2 aliphatic rings. The monoisotopic (exact) mass is 277 g/mol. The molecule has 19 heavy (non-hydrogen) atoms. The lowest BCUT2D eigenvalue weighted by molar-refractivity contribution is -0.150. The van der Waals surface area contributed by atoms with Gasteiger partial charge in [-0.25, -0.2) is 0 Å². The summed E-state index contributed by atoms with van der Waals surface area (Å²) in [6.07, 6.45) is 2.74. The zero-order chi connectivity index (χ0) is 13.5. The summed E-state index contributed by atoms with van der Waals surface area (Å²) in [6.45, 7) is 0.330. The number of hydrogen-bond acceptors (Lipinski definition) is 2. The lowest BCUT2D eigenvalue weighted by Gasteiger charge is -2.37. The van der Waals surface area contributed by atoms with Crippen LogP contribution in [-0.4, -0.2) is 29.1 Å². The molecule has 0 saturated carbocycles. The predicted molar refractivity (Wildman–Crippen MR) is 73.1 cm³/mol. The maximum atomic E-state index is 12.2. The number of benzene rings is 1. The molecule has 3 nitrogen and oxygen atoms in total. The topological polar surface area (TPSA) is 37.4 Å². The van der Waals surface area contributed by atoms with Crippen molar-refractivity contribution in [2.24, 2.45) is 0 Å². The zero-order valence-corrected chi connectivity index (χ0v) is 11.4. The second kappa shape index (κ2) is 4.64. The number of nitrogens with zero attached hydrogens (tertiary/aromatic N) is 1. The van der Waals surface area contributed by atoms with E-state index in [1.54, 1.807) is 0 Å². The Morgan fingerprint density at radius 2 is 1.84 bits per heavy atom. The van der Waals surface area contributed by atoms with E-state index in [0.29, 0.717) is 25.3 Å². The molecule has 1 aromatic carbocycles. The number of hydrogen-bond donors (Lipinski definition) is 0. The van der Waals surface area contributed by atoms with Crippen LogP contribution >= 0.6 is 11.6 Å². The van der Waals surface area contributed by atoms with Crippen LogP contribution in [0.4, 0.5) is 0 Å². The maximum absolute atomic E-state index is 12.2. The first-order valence-electron chi connectivity index (χ1n) is 6.64. The Balaban J connectivity index is 1.93. The Bertz CT molecular complexity index is 523. The molecule has 0 unspecified atom stereocenters. The highest BCUT2D eigenvalue weighted by Crippen LogP contribution is 2.46. The van der Waals surface area contributed by atoms with E-state index in [9.17, 15) is 9.59 Å². The zero-order valence-electron chi connectivity index (χ0n) is 10.7. The molecule has 3 rings (SSSR count). The molecule has 0 atom stereocenters. The number of imide groups is 1. The van der Waals surface area contributed by atoms with Gasteiger partial charge in [-0.3, -0.25) is 14.5 Å². The van der Waals surface area contributed by atoms with Gasteiger partial charge in [0.1, 0.15) is 0 Å². The quantitative estimate of drug-likeness (QED) is 0.614. The minimum atomic E-state index is -0.256. The summed E-state index contributed by atoms with van der Waals surface area (Å²) in [5, 5.41) is 0. The minimum absolute atomic E-state index is 0.0754. The number of aryl methyl sites for hydroxylation is 1. The summed E-state index contributed by atoms with van der Waals surface area (Å²) in [4.78, 5) is 25.7. The molecule has 1 aliphatic heterocycles. The van der Waals surface area contributed by atoms with Gasteiger partial charge in [0.2, 0.25) is 11.8 Å². The Kier molecular flexibility index (Phi) is 3.09. The van der Waals surface area contributed by atoms with Gasteiger partial charge in [-0.2, -0.15) is 0 Å². The fraction of sp³-hybridized carbons (Fsp3) is 0.467. The van der Waals surface area contributed by atoms with E-state index in [0.717, 1.165) is 12.8 Å².